The van der Waals surface area contributed by atoms with Crippen LogP contribution in [0.1, 0.15) is 12.5 Å². The summed E-state index contributed by atoms with van der Waals surface area (Å²) < 4.78 is 44.5. The van der Waals surface area contributed by atoms with E-state index < -0.39 is 11.7 Å². The molecule has 0 saturated heterocycles. The van der Waals surface area contributed by atoms with Gasteiger partial charge >= 0.3 is 6.18 Å². The van der Waals surface area contributed by atoms with Crippen LogP contribution in [0.15, 0.2) is 42.5 Å². The number of nitrogens with one attached hydrogen (secondary N) is 1. The Balaban J connectivity index is 2.11. The molecule has 0 aliphatic heterocycles. The Morgan fingerprint density at radius 2 is 1.91 bits per heavy atom. The molecular weight excluding hydrogens is 293 g/mol. The molecule has 3 aromatic rings. The van der Waals surface area contributed by atoms with E-state index >= 15 is 0 Å². The summed E-state index contributed by atoms with van der Waals surface area (Å²) in [5.41, 5.74) is 1.05. The lowest BCUT2D eigenvalue weighted by molar-refractivity contribution is -0.138. The number of halogens is 3. The zero-order valence-electron chi connectivity index (χ0n) is 11.7. The van der Waals surface area contributed by atoms with E-state index in [9.17, 15) is 13.2 Å². The normalized spacial score (nSPS) is 11.8. The van der Waals surface area contributed by atoms with Gasteiger partial charge in [-0.25, -0.2) is 4.98 Å². The van der Waals surface area contributed by atoms with Gasteiger partial charge in [-0.2, -0.15) is 13.2 Å². The zero-order chi connectivity index (χ0) is 15.7. The highest BCUT2D eigenvalue weighted by Crippen LogP contribution is 2.38. The van der Waals surface area contributed by atoms with Crippen molar-refractivity contribution in [3.63, 3.8) is 0 Å². The van der Waals surface area contributed by atoms with Crippen molar-refractivity contribution in [1.82, 2.24) is 9.97 Å². The molecule has 0 fully saturated rings. The first-order valence-electron chi connectivity index (χ1n) is 6.78. The maximum absolute atomic E-state index is 13.2. The number of hydrogen-bond acceptors (Lipinski definition) is 2. The summed E-state index contributed by atoms with van der Waals surface area (Å²) in [6, 6.07) is 11.2. The Morgan fingerprint density at radius 1 is 1.14 bits per heavy atom. The molecule has 0 bridgehead atoms. The fraction of sp³-hybridized carbons (Fsp3) is 0.188. The quantitative estimate of drug-likeness (QED) is 0.765. The molecule has 3 nitrogen and oxygen atoms in total. The molecule has 1 N–H and O–H groups in total. The van der Waals surface area contributed by atoms with Crippen LogP contribution in [-0.2, 0) is 6.18 Å². The molecule has 1 aromatic heterocycles. The molecular formula is C16H13F3N2O. The highest BCUT2D eigenvalue weighted by Gasteiger charge is 2.35. The van der Waals surface area contributed by atoms with Gasteiger partial charge in [0.15, 0.2) is 0 Å². The molecule has 0 aliphatic carbocycles. The first kappa shape index (κ1) is 14.4. The molecule has 22 heavy (non-hydrogen) atoms. The SMILES string of the molecule is CCOc1ccc(-c2nc3ccccc3[nH]2)cc1C(F)(F)F. The van der Waals surface area contributed by atoms with Crippen LogP contribution >= 0.6 is 0 Å². The molecule has 114 valence electrons. The van der Waals surface area contributed by atoms with Crippen LogP contribution < -0.4 is 4.74 Å². The summed E-state index contributed by atoms with van der Waals surface area (Å²) in [5.74, 6) is 0.226. The monoisotopic (exact) mass is 306 g/mol. The number of ether oxygens (including phenoxy) is 1. The minimum Gasteiger partial charge on any atom is -0.493 e. The predicted molar refractivity (Wildman–Crippen MR) is 77.7 cm³/mol. The molecule has 6 heteroatoms. The molecule has 2 aromatic carbocycles. The minimum atomic E-state index is -4.48. The molecule has 0 spiro atoms. The highest BCUT2D eigenvalue weighted by molar-refractivity contribution is 5.79. The van der Waals surface area contributed by atoms with Gasteiger partial charge in [0.2, 0.25) is 0 Å². The fourth-order valence-electron chi connectivity index (χ4n) is 2.27. The molecule has 3 rings (SSSR count). The third-order valence-electron chi connectivity index (χ3n) is 3.25. The summed E-state index contributed by atoms with van der Waals surface area (Å²) in [6.07, 6.45) is -4.48. The van der Waals surface area contributed by atoms with Gasteiger partial charge in [0.25, 0.3) is 0 Å². The molecule has 0 amide bonds. The number of alkyl halides is 3. The molecule has 0 unspecified atom stereocenters. The number of fused-ring (bicyclic) bond motifs is 1. The van der Waals surface area contributed by atoms with E-state index in [1.807, 2.05) is 18.2 Å². The van der Waals surface area contributed by atoms with Crippen LogP contribution in [0, 0.1) is 0 Å². The van der Waals surface area contributed by atoms with E-state index in [0.29, 0.717) is 16.9 Å². The second-order valence-corrected chi connectivity index (χ2v) is 4.74. The molecule has 0 atom stereocenters. The minimum absolute atomic E-state index is 0.171. The van der Waals surface area contributed by atoms with Gasteiger partial charge in [-0.3, -0.25) is 0 Å². The smallest absolute Gasteiger partial charge is 0.419 e. The van der Waals surface area contributed by atoms with Gasteiger partial charge in [-0.1, -0.05) is 12.1 Å². The third kappa shape index (κ3) is 2.64. The second kappa shape index (κ2) is 5.36. The topological polar surface area (TPSA) is 37.9 Å². The lowest BCUT2D eigenvalue weighted by atomic mass is 10.1. The van der Waals surface area contributed by atoms with E-state index in [0.717, 1.165) is 11.6 Å². The molecule has 0 saturated carbocycles. The highest BCUT2D eigenvalue weighted by atomic mass is 19.4. The van der Waals surface area contributed by atoms with Crippen LogP contribution in [-0.4, -0.2) is 16.6 Å². The first-order valence-corrected chi connectivity index (χ1v) is 6.78. The van der Waals surface area contributed by atoms with Crippen molar-refractivity contribution < 1.29 is 17.9 Å². The van der Waals surface area contributed by atoms with Crippen LogP contribution in [0.2, 0.25) is 0 Å². The number of H-pyrrole nitrogens is 1. The van der Waals surface area contributed by atoms with Crippen LogP contribution in [0.5, 0.6) is 5.75 Å². The van der Waals surface area contributed by atoms with E-state index in [1.165, 1.54) is 6.07 Å². The summed E-state index contributed by atoms with van der Waals surface area (Å²) in [4.78, 5) is 7.34. The van der Waals surface area contributed by atoms with Gasteiger partial charge < -0.3 is 9.72 Å². The van der Waals surface area contributed by atoms with E-state index in [2.05, 4.69) is 9.97 Å². The Hall–Kier alpha value is -2.50. The van der Waals surface area contributed by atoms with Gasteiger partial charge in [0.05, 0.1) is 23.2 Å². The lowest BCUT2D eigenvalue weighted by Gasteiger charge is -2.14. The summed E-state index contributed by atoms with van der Waals surface area (Å²) in [6.45, 7) is 1.82. The maximum atomic E-state index is 13.2. The number of imidazole rings is 1. The van der Waals surface area contributed by atoms with Gasteiger partial charge in [0.1, 0.15) is 11.6 Å². The number of nitrogens with zero attached hydrogens (tertiary/aromatic N) is 1. The number of benzene rings is 2. The number of aromatic nitrogens is 2. The third-order valence-corrected chi connectivity index (χ3v) is 3.25. The van der Waals surface area contributed by atoms with Crippen molar-refractivity contribution in [2.75, 3.05) is 6.61 Å². The average molecular weight is 306 g/mol. The van der Waals surface area contributed by atoms with E-state index in [1.54, 1.807) is 19.1 Å². The van der Waals surface area contributed by atoms with E-state index in [-0.39, 0.29) is 12.4 Å². The Labute approximate surface area is 124 Å². The summed E-state index contributed by atoms with van der Waals surface area (Å²) in [5, 5.41) is 0. The Kier molecular flexibility index (Phi) is 3.52. The summed E-state index contributed by atoms with van der Waals surface area (Å²) in [7, 11) is 0. The van der Waals surface area contributed by atoms with Gasteiger partial charge in [-0.15, -0.1) is 0 Å². The van der Waals surface area contributed by atoms with Gasteiger partial charge in [-0.05, 0) is 37.3 Å². The van der Waals surface area contributed by atoms with Crippen molar-refractivity contribution >= 4 is 11.0 Å². The fourth-order valence-corrected chi connectivity index (χ4v) is 2.27. The Morgan fingerprint density at radius 3 is 2.59 bits per heavy atom. The van der Waals surface area contributed by atoms with Crippen molar-refractivity contribution in [1.29, 1.82) is 0 Å². The molecule has 0 aliphatic rings. The summed E-state index contributed by atoms with van der Waals surface area (Å²) >= 11 is 0. The van der Waals surface area contributed by atoms with E-state index in [4.69, 9.17) is 4.74 Å². The molecule has 1 heterocycles. The van der Waals surface area contributed by atoms with Crippen LogP contribution in [0.4, 0.5) is 13.2 Å². The second-order valence-electron chi connectivity index (χ2n) is 4.74. The molecule has 0 radical (unpaired) electrons. The number of aromatic amines is 1. The predicted octanol–water partition coefficient (Wildman–Crippen LogP) is 4.65. The van der Waals surface area contributed by atoms with Crippen molar-refractivity contribution in [2.45, 2.75) is 13.1 Å². The largest absolute Gasteiger partial charge is 0.493 e. The van der Waals surface area contributed by atoms with Crippen molar-refractivity contribution in [3.05, 3.63) is 48.0 Å². The first-order chi connectivity index (χ1) is 10.5. The van der Waals surface area contributed by atoms with Crippen molar-refractivity contribution in [3.8, 4) is 17.1 Å². The lowest BCUT2D eigenvalue weighted by Crippen LogP contribution is -2.09. The van der Waals surface area contributed by atoms with Crippen LogP contribution in [0.25, 0.3) is 22.4 Å². The van der Waals surface area contributed by atoms with Crippen LogP contribution in [0.3, 0.4) is 0 Å². The zero-order valence-corrected chi connectivity index (χ0v) is 11.7. The number of rotatable bonds is 3. The Bertz CT molecular complexity index is 776. The van der Waals surface area contributed by atoms with Crippen molar-refractivity contribution in [2.24, 2.45) is 0 Å². The maximum Gasteiger partial charge on any atom is 0.419 e. The van der Waals surface area contributed by atoms with Gasteiger partial charge in [0, 0.05) is 5.56 Å². The standard InChI is InChI=1S/C16H13F3N2O/c1-2-22-14-8-7-10(9-11(14)16(17,18)19)15-20-12-5-3-4-6-13(12)21-15/h3-9H,2H2,1H3,(H,20,21). The average Bonchev–Trinajstić information content (AvgIpc) is 2.90. The number of hydrogen-bond donors (Lipinski definition) is 1. The number of para-hydroxylation sites is 2.